The maximum Gasteiger partial charge on any atom is 0.301 e. The van der Waals surface area contributed by atoms with Crippen LogP contribution in [0.3, 0.4) is 0 Å². The Bertz CT molecular complexity index is 1720. The molecule has 3 aromatic carbocycles. The van der Waals surface area contributed by atoms with Gasteiger partial charge < -0.3 is 19.3 Å². The molecule has 0 saturated carbocycles. The fourth-order valence-electron chi connectivity index (χ4n) is 4.92. The minimum atomic E-state index is -0.992. The molecule has 240 valence electrons. The monoisotopic (exact) mass is 659 g/mol. The maximum absolute atomic E-state index is 13.7. The van der Waals surface area contributed by atoms with Crippen LogP contribution in [-0.2, 0) is 15.3 Å². The highest BCUT2D eigenvalue weighted by Gasteiger charge is 2.48. The summed E-state index contributed by atoms with van der Waals surface area (Å²) in [5.41, 5.74) is 3.17. The van der Waals surface area contributed by atoms with E-state index in [1.54, 1.807) is 49.6 Å². The number of hydrogen-bond acceptors (Lipinski definition) is 10. The summed E-state index contributed by atoms with van der Waals surface area (Å²) in [4.78, 5) is 28.7. The number of hydrogen-bond donors (Lipinski definition) is 1. The van der Waals surface area contributed by atoms with Crippen molar-refractivity contribution in [1.29, 1.82) is 0 Å². The first-order valence-electron chi connectivity index (χ1n) is 15.1. The summed E-state index contributed by atoms with van der Waals surface area (Å²) in [6, 6.07) is 19.2. The average molecular weight is 660 g/mol. The fourth-order valence-corrected chi connectivity index (χ4v) is 6.75. The van der Waals surface area contributed by atoms with E-state index in [2.05, 4.69) is 48.3 Å². The number of aromatic nitrogens is 2. The first-order chi connectivity index (χ1) is 22.2. The molecule has 46 heavy (non-hydrogen) atoms. The van der Waals surface area contributed by atoms with Crippen LogP contribution in [0.5, 0.6) is 17.2 Å². The Morgan fingerprint density at radius 2 is 1.74 bits per heavy atom. The van der Waals surface area contributed by atoms with Gasteiger partial charge >= 0.3 is 5.91 Å². The SMILES string of the molecule is CCOc1cc(C2C(=C(O)c3ccc(OC)cc3)C(=O)C(=O)N2c2nnc(SCc3ccc(C)cc3)s2)ccc1OCCC(C)C. The summed E-state index contributed by atoms with van der Waals surface area (Å²) < 4.78 is 17.9. The van der Waals surface area contributed by atoms with Gasteiger partial charge in [0.15, 0.2) is 15.8 Å². The molecule has 1 saturated heterocycles. The molecule has 0 radical (unpaired) electrons. The molecule has 4 aromatic rings. The number of anilines is 1. The Morgan fingerprint density at radius 1 is 1.00 bits per heavy atom. The molecule has 2 heterocycles. The van der Waals surface area contributed by atoms with Crippen LogP contribution in [0, 0.1) is 12.8 Å². The number of ether oxygens (including phenoxy) is 3. The van der Waals surface area contributed by atoms with Crippen LogP contribution in [0.1, 0.15) is 55.5 Å². The molecule has 1 N–H and O–H groups in total. The number of amides is 1. The Morgan fingerprint density at radius 3 is 2.41 bits per heavy atom. The number of aliphatic hydroxyl groups is 1. The lowest BCUT2D eigenvalue weighted by atomic mass is 9.95. The van der Waals surface area contributed by atoms with Crippen LogP contribution in [-0.4, -0.2) is 47.3 Å². The molecule has 0 bridgehead atoms. The van der Waals surface area contributed by atoms with Crippen molar-refractivity contribution in [3.8, 4) is 17.2 Å². The van der Waals surface area contributed by atoms with Crippen LogP contribution in [0.2, 0.25) is 0 Å². The molecule has 1 unspecified atom stereocenters. The summed E-state index contributed by atoms with van der Waals surface area (Å²) in [5, 5.41) is 20.5. The van der Waals surface area contributed by atoms with Crippen molar-refractivity contribution in [2.24, 2.45) is 5.92 Å². The Kier molecular flexibility index (Phi) is 10.6. The molecule has 1 atom stereocenters. The second kappa shape index (κ2) is 14.8. The van der Waals surface area contributed by atoms with Crippen LogP contribution in [0.25, 0.3) is 5.76 Å². The van der Waals surface area contributed by atoms with Gasteiger partial charge in [0.25, 0.3) is 5.78 Å². The van der Waals surface area contributed by atoms with E-state index in [9.17, 15) is 14.7 Å². The van der Waals surface area contributed by atoms with E-state index in [0.29, 0.717) is 57.6 Å². The van der Waals surface area contributed by atoms with Gasteiger partial charge in [-0.25, -0.2) is 0 Å². The summed E-state index contributed by atoms with van der Waals surface area (Å²) in [7, 11) is 1.54. The van der Waals surface area contributed by atoms with Crippen LogP contribution in [0.15, 0.2) is 76.6 Å². The topological polar surface area (TPSA) is 111 Å². The fraction of sp³-hybridized carbons (Fsp3) is 0.314. The normalized spacial score (nSPS) is 15.9. The number of methoxy groups -OCH3 is 1. The third-order valence-electron chi connectivity index (χ3n) is 7.43. The Balaban J connectivity index is 1.55. The quantitative estimate of drug-likeness (QED) is 0.0510. The van der Waals surface area contributed by atoms with E-state index < -0.39 is 17.7 Å². The molecule has 9 nitrogen and oxygen atoms in total. The number of carbonyl (C=O) groups is 2. The number of nitrogens with zero attached hydrogens (tertiary/aromatic N) is 3. The van der Waals surface area contributed by atoms with Gasteiger partial charge in [0, 0.05) is 11.3 Å². The minimum absolute atomic E-state index is 0.0600. The maximum atomic E-state index is 13.7. The van der Waals surface area contributed by atoms with E-state index in [-0.39, 0.29) is 16.5 Å². The molecule has 1 aromatic heterocycles. The van der Waals surface area contributed by atoms with Crippen molar-refractivity contribution in [1.82, 2.24) is 10.2 Å². The summed E-state index contributed by atoms with van der Waals surface area (Å²) >= 11 is 2.72. The molecule has 11 heteroatoms. The lowest BCUT2D eigenvalue weighted by Gasteiger charge is -2.24. The molecule has 1 aliphatic heterocycles. The molecule has 1 aliphatic rings. The number of benzene rings is 3. The number of thioether (sulfide) groups is 1. The minimum Gasteiger partial charge on any atom is -0.507 e. The highest BCUT2D eigenvalue weighted by atomic mass is 32.2. The van der Waals surface area contributed by atoms with Crippen molar-refractivity contribution in [3.05, 3.63) is 94.6 Å². The Labute approximate surface area is 277 Å². The summed E-state index contributed by atoms with van der Waals surface area (Å²) in [6.45, 7) is 9.06. The van der Waals surface area contributed by atoms with Crippen molar-refractivity contribution < 1.29 is 28.9 Å². The van der Waals surface area contributed by atoms with Gasteiger partial charge in [0.2, 0.25) is 5.13 Å². The first-order valence-corrected chi connectivity index (χ1v) is 16.9. The van der Waals surface area contributed by atoms with E-state index in [0.717, 1.165) is 12.0 Å². The van der Waals surface area contributed by atoms with Gasteiger partial charge in [0.1, 0.15) is 11.5 Å². The first kappa shape index (κ1) is 33.0. The third-order valence-corrected chi connectivity index (χ3v) is 9.56. The van der Waals surface area contributed by atoms with E-state index in [1.165, 1.54) is 33.6 Å². The Hall–Kier alpha value is -4.35. The van der Waals surface area contributed by atoms with E-state index in [1.807, 2.05) is 13.8 Å². The highest BCUT2D eigenvalue weighted by molar-refractivity contribution is 8.00. The molecular weight excluding hydrogens is 623 g/mol. The molecule has 5 rings (SSSR count). The second-order valence-corrected chi connectivity index (χ2v) is 13.4. The predicted molar refractivity (Wildman–Crippen MR) is 181 cm³/mol. The largest absolute Gasteiger partial charge is 0.507 e. The van der Waals surface area contributed by atoms with Crippen molar-refractivity contribution in [2.45, 2.75) is 50.3 Å². The zero-order valence-corrected chi connectivity index (χ0v) is 28.1. The van der Waals surface area contributed by atoms with Gasteiger partial charge in [-0.05, 0) is 73.7 Å². The number of aliphatic hydroxyl groups excluding tert-OH is 1. The number of rotatable bonds is 13. The smallest absolute Gasteiger partial charge is 0.301 e. The van der Waals surface area contributed by atoms with E-state index in [4.69, 9.17) is 14.2 Å². The molecule has 1 fully saturated rings. The molecular formula is C35H37N3O6S2. The van der Waals surface area contributed by atoms with Gasteiger partial charge in [-0.2, -0.15) is 0 Å². The molecule has 1 amide bonds. The number of Topliss-reactive ketones (excluding diaryl/α,β-unsaturated/α-hetero) is 1. The van der Waals surface area contributed by atoms with Crippen LogP contribution < -0.4 is 19.1 Å². The van der Waals surface area contributed by atoms with Crippen LogP contribution >= 0.6 is 23.1 Å². The molecule has 0 spiro atoms. The number of carbonyl (C=O) groups excluding carboxylic acids is 2. The second-order valence-electron chi connectivity index (χ2n) is 11.2. The number of aryl methyl sites for hydroxylation is 1. The van der Waals surface area contributed by atoms with Gasteiger partial charge in [-0.1, -0.05) is 72.8 Å². The van der Waals surface area contributed by atoms with Gasteiger partial charge in [0.05, 0.1) is 31.9 Å². The van der Waals surface area contributed by atoms with Crippen molar-refractivity contribution >= 4 is 45.7 Å². The lowest BCUT2D eigenvalue weighted by molar-refractivity contribution is -0.132. The third kappa shape index (κ3) is 7.37. The van der Waals surface area contributed by atoms with Gasteiger partial charge in [-0.3, -0.25) is 14.5 Å². The van der Waals surface area contributed by atoms with Gasteiger partial charge in [-0.15, -0.1) is 10.2 Å². The van der Waals surface area contributed by atoms with Crippen molar-refractivity contribution in [2.75, 3.05) is 25.2 Å². The molecule has 0 aliphatic carbocycles. The van der Waals surface area contributed by atoms with Crippen molar-refractivity contribution in [3.63, 3.8) is 0 Å². The standard InChI is InChI=1S/C35H37N3O6S2/c1-6-43-28-19-25(13-16-27(28)44-18-17-21(2)3)30-29(31(39)24-11-14-26(42-5)15-12-24)32(40)33(41)38(30)34-36-37-35(46-34)45-20-23-9-7-22(4)8-10-23/h7-16,19,21,30,39H,6,17-18,20H2,1-5H3. The van der Waals surface area contributed by atoms with Crippen LogP contribution in [0.4, 0.5) is 5.13 Å². The zero-order chi connectivity index (χ0) is 32.8. The average Bonchev–Trinajstić information content (AvgIpc) is 3.62. The lowest BCUT2D eigenvalue weighted by Crippen LogP contribution is -2.29. The number of ketones is 1. The predicted octanol–water partition coefficient (Wildman–Crippen LogP) is 7.60. The summed E-state index contributed by atoms with van der Waals surface area (Å²) in [6.07, 6.45) is 0.872. The van der Waals surface area contributed by atoms with E-state index >= 15 is 0 Å². The zero-order valence-electron chi connectivity index (χ0n) is 26.5. The summed E-state index contributed by atoms with van der Waals surface area (Å²) in [5.74, 6) is 0.840. The highest BCUT2D eigenvalue weighted by Crippen LogP contribution is 2.45.